The second-order valence-corrected chi connectivity index (χ2v) is 7.88. The number of thiophene rings is 1. The van der Waals surface area contributed by atoms with Crippen LogP contribution in [0.25, 0.3) is 0 Å². The molecule has 0 unspecified atom stereocenters. The molecule has 1 amide bonds. The molecule has 1 heterocycles. The van der Waals surface area contributed by atoms with Gasteiger partial charge in [0, 0.05) is 18.6 Å². The van der Waals surface area contributed by atoms with Crippen molar-refractivity contribution >= 4 is 34.8 Å². The van der Waals surface area contributed by atoms with Crippen molar-refractivity contribution in [3.8, 4) is 0 Å². The summed E-state index contributed by atoms with van der Waals surface area (Å²) in [6.45, 7) is 0.973. The van der Waals surface area contributed by atoms with Crippen molar-refractivity contribution in [1.29, 1.82) is 0 Å². The lowest BCUT2D eigenvalue weighted by atomic mass is 9.85. The SMILES string of the molecule is O=C(O)CN(CC1CC1)C1CC(NC(=O)c2ccc(Cl)s2)C1. The first-order valence-corrected chi connectivity index (χ1v) is 8.72. The van der Waals surface area contributed by atoms with Gasteiger partial charge in [0.15, 0.2) is 0 Å². The van der Waals surface area contributed by atoms with Crippen molar-refractivity contribution in [3.63, 3.8) is 0 Å². The van der Waals surface area contributed by atoms with Crippen molar-refractivity contribution in [2.45, 2.75) is 37.8 Å². The zero-order chi connectivity index (χ0) is 15.7. The molecule has 7 heteroatoms. The van der Waals surface area contributed by atoms with Crippen LogP contribution in [-0.2, 0) is 4.79 Å². The molecule has 0 bridgehead atoms. The van der Waals surface area contributed by atoms with Crippen LogP contribution in [0.4, 0.5) is 0 Å². The highest BCUT2D eigenvalue weighted by molar-refractivity contribution is 7.17. The zero-order valence-electron chi connectivity index (χ0n) is 12.1. The third kappa shape index (κ3) is 4.00. The van der Waals surface area contributed by atoms with Crippen LogP contribution in [-0.4, -0.2) is 47.1 Å². The number of carbonyl (C=O) groups excluding carboxylic acids is 1. The number of aliphatic carboxylic acids is 1. The summed E-state index contributed by atoms with van der Waals surface area (Å²) >= 11 is 7.10. The number of carbonyl (C=O) groups is 2. The molecule has 2 aliphatic rings. The van der Waals surface area contributed by atoms with Gasteiger partial charge in [-0.15, -0.1) is 11.3 Å². The minimum absolute atomic E-state index is 0.0904. The van der Waals surface area contributed by atoms with E-state index in [0.717, 1.165) is 19.4 Å². The summed E-state index contributed by atoms with van der Waals surface area (Å²) < 4.78 is 0.605. The number of hydrogen-bond donors (Lipinski definition) is 2. The van der Waals surface area contributed by atoms with Crippen LogP contribution in [0.3, 0.4) is 0 Å². The summed E-state index contributed by atoms with van der Waals surface area (Å²) in [7, 11) is 0. The lowest BCUT2D eigenvalue weighted by molar-refractivity contribution is -0.139. The van der Waals surface area contributed by atoms with E-state index >= 15 is 0 Å². The monoisotopic (exact) mass is 342 g/mol. The second kappa shape index (κ2) is 6.56. The van der Waals surface area contributed by atoms with Crippen LogP contribution < -0.4 is 5.32 Å². The number of rotatable bonds is 7. The smallest absolute Gasteiger partial charge is 0.317 e. The number of halogens is 1. The Labute approximate surface area is 138 Å². The van der Waals surface area contributed by atoms with Gasteiger partial charge in [0.2, 0.25) is 0 Å². The average Bonchev–Trinajstić information content (AvgIpc) is 3.10. The molecule has 2 aliphatic carbocycles. The fourth-order valence-electron chi connectivity index (χ4n) is 2.85. The molecule has 0 saturated heterocycles. The Hall–Kier alpha value is -1.11. The Bertz CT molecular complexity index is 567. The van der Waals surface area contributed by atoms with E-state index in [1.165, 1.54) is 24.2 Å². The summed E-state index contributed by atoms with van der Waals surface area (Å²) in [5.74, 6) is -0.199. The molecule has 3 rings (SSSR count). The molecular weight excluding hydrogens is 324 g/mol. The van der Waals surface area contributed by atoms with E-state index in [9.17, 15) is 9.59 Å². The van der Waals surface area contributed by atoms with Gasteiger partial charge < -0.3 is 10.4 Å². The lowest BCUT2D eigenvalue weighted by Crippen LogP contribution is -2.55. The quantitative estimate of drug-likeness (QED) is 0.798. The first-order chi connectivity index (χ1) is 10.5. The molecule has 5 nitrogen and oxygen atoms in total. The largest absolute Gasteiger partial charge is 0.480 e. The van der Waals surface area contributed by atoms with Gasteiger partial charge in [-0.3, -0.25) is 14.5 Å². The Morgan fingerprint density at radius 1 is 1.36 bits per heavy atom. The third-order valence-corrected chi connectivity index (χ3v) is 5.52. The van der Waals surface area contributed by atoms with E-state index in [1.54, 1.807) is 12.1 Å². The Morgan fingerprint density at radius 2 is 2.09 bits per heavy atom. The molecule has 22 heavy (non-hydrogen) atoms. The van der Waals surface area contributed by atoms with Crippen molar-refractivity contribution in [2.75, 3.05) is 13.1 Å². The van der Waals surface area contributed by atoms with Gasteiger partial charge in [-0.2, -0.15) is 0 Å². The Morgan fingerprint density at radius 3 is 2.64 bits per heavy atom. The first-order valence-electron chi connectivity index (χ1n) is 7.53. The van der Waals surface area contributed by atoms with E-state index in [2.05, 4.69) is 10.2 Å². The summed E-state index contributed by atoms with van der Waals surface area (Å²) in [6, 6.07) is 3.85. The van der Waals surface area contributed by atoms with E-state index in [4.69, 9.17) is 16.7 Å². The summed E-state index contributed by atoms with van der Waals surface area (Å²) in [5.41, 5.74) is 0. The normalized spacial score (nSPS) is 24.1. The minimum Gasteiger partial charge on any atom is -0.480 e. The number of amides is 1. The highest BCUT2D eigenvalue weighted by Crippen LogP contribution is 2.34. The number of carboxylic acid groups (broad SMARTS) is 1. The number of carboxylic acids is 1. The number of nitrogens with zero attached hydrogens (tertiary/aromatic N) is 1. The van der Waals surface area contributed by atoms with Gasteiger partial charge in [-0.05, 0) is 43.7 Å². The number of hydrogen-bond acceptors (Lipinski definition) is 4. The summed E-state index contributed by atoms with van der Waals surface area (Å²) in [4.78, 5) is 25.7. The van der Waals surface area contributed by atoms with E-state index in [-0.39, 0.29) is 24.5 Å². The maximum absolute atomic E-state index is 12.0. The second-order valence-electron chi connectivity index (χ2n) is 6.17. The predicted molar refractivity (Wildman–Crippen MR) is 85.5 cm³/mol. The highest BCUT2D eigenvalue weighted by Gasteiger charge is 2.37. The molecule has 0 radical (unpaired) electrons. The molecule has 2 fully saturated rings. The molecule has 0 aromatic carbocycles. The van der Waals surface area contributed by atoms with E-state index < -0.39 is 5.97 Å². The van der Waals surface area contributed by atoms with Gasteiger partial charge in [-0.1, -0.05) is 11.6 Å². The molecule has 0 atom stereocenters. The minimum atomic E-state index is -0.777. The van der Waals surface area contributed by atoms with Gasteiger partial charge in [0.1, 0.15) is 0 Å². The van der Waals surface area contributed by atoms with Crippen LogP contribution in [0.15, 0.2) is 12.1 Å². The van der Waals surface area contributed by atoms with Crippen molar-refractivity contribution in [3.05, 3.63) is 21.3 Å². The molecule has 1 aromatic heterocycles. The predicted octanol–water partition coefficient (Wildman–Crippen LogP) is 2.46. The topological polar surface area (TPSA) is 69.6 Å². The van der Waals surface area contributed by atoms with Crippen molar-refractivity contribution in [1.82, 2.24) is 10.2 Å². The number of nitrogens with one attached hydrogen (secondary N) is 1. The van der Waals surface area contributed by atoms with Gasteiger partial charge in [-0.25, -0.2) is 0 Å². The van der Waals surface area contributed by atoms with E-state index in [0.29, 0.717) is 15.1 Å². The van der Waals surface area contributed by atoms with Crippen LogP contribution >= 0.6 is 22.9 Å². The molecule has 0 aliphatic heterocycles. The average molecular weight is 343 g/mol. The molecular formula is C15H19ClN2O3S. The van der Waals surface area contributed by atoms with Gasteiger partial charge >= 0.3 is 5.97 Å². The molecule has 1 aromatic rings. The molecule has 2 N–H and O–H groups in total. The van der Waals surface area contributed by atoms with E-state index in [1.807, 2.05) is 0 Å². The van der Waals surface area contributed by atoms with Crippen LogP contribution in [0.2, 0.25) is 4.34 Å². The van der Waals surface area contributed by atoms with Gasteiger partial charge in [0.05, 0.1) is 15.8 Å². The third-order valence-electron chi connectivity index (χ3n) is 4.29. The van der Waals surface area contributed by atoms with Crippen LogP contribution in [0.1, 0.15) is 35.4 Å². The summed E-state index contributed by atoms with van der Waals surface area (Å²) in [5, 5.41) is 12.0. The highest BCUT2D eigenvalue weighted by atomic mass is 35.5. The Balaban J connectivity index is 1.47. The first kappa shape index (κ1) is 15.8. The molecule has 2 saturated carbocycles. The van der Waals surface area contributed by atoms with Crippen molar-refractivity contribution < 1.29 is 14.7 Å². The maximum atomic E-state index is 12.0. The summed E-state index contributed by atoms with van der Waals surface area (Å²) in [6.07, 6.45) is 4.07. The van der Waals surface area contributed by atoms with Crippen LogP contribution in [0.5, 0.6) is 0 Å². The van der Waals surface area contributed by atoms with Gasteiger partial charge in [0.25, 0.3) is 5.91 Å². The maximum Gasteiger partial charge on any atom is 0.317 e. The van der Waals surface area contributed by atoms with Crippen molar-refractivity contribution in [2.24, 2.45) is 5.92 Å². The standard InChI is InChI=1S/C15H19ClN2O3S/c16-13-4-3-12(22-13)15(21)17-10-5-11(6-10)18(8-14(19)20)7-9-1-2-9/h3-4,9-11H,1-2,5-8H2,(H,17,21)(H,19,20). The lowest BCUT2D eigenvalue weighted by Gasteiger charge is -2.42. The van der Waals surface area contributed by atoms with Crippen LogP contribution in [0, 0.1) is 5.92 Å². The molecule has 0 spiro atoms. The fourth-order valence-corrected chi connectivity index (χ4v) is 3.79. The zero-order valence-corrected chi connectivity index (χ0v) is 13.7. The fraction of sp³-hybridized carbons (Fsp3) is 0.600. The Kier molecular flexibility index (Phi) is 4.70. The molecule has 120 valence electrons.